The normalized spacial score (nSPS) is 10.6. The van der Waals surface area contributed by atoms with Gasteiger partial charge in [-0.1, -0.05) is 53.5 Å². The quantitative estimate of drug-likeness (QED) is 0.609. The summed E-state index contributed by atoms with van der Waals surface area (Å²) < 4.78 is 11.2. The second-order valence-corrected chi connectivity index (χ2v) is 5.35. The Morgan fingerprint density at radius 1 is 1.10 bits per heavy atom. The molecule has 0 aliphatic carbocycles. The highest BCUT2D eigenvalue weighted by Gasteiger charge is 2.10. The van der Waals surface area contributed by atoms with Crippen molar-refractivity contribution in [3.8, 4) is 5.75 Å². The minimum Gasteiger partial charge on any atom is -0.466 e. The van der Waals surface area contributed by atoms with Crippen LogP contribution < -0.4 is 10.1 Å². The molecule has 0 amide bonds. The van der Waals surface area contributed by atoms with Gasteiger partial charge >= 0.3 is 0 Å². The summed E-state index contributed by atoms with van der Waals surface area (Å²) >= 11 is 12.2. The Kier molecular flexibility index (Phi) is 6.33. The lowest BCUT2D eigenvalue weighted by atomic mass is 10.2. The summed E-state index contributed by atoms with van der Waals surface area (Å²) in [7, 11) is 1.85. The SMILES string of the molecule is CNCc1cc(Cl)cc(Cl)c1OCOCc1ccccc1. The molecule has 0 aliphatic heterocycles. The molecular weight excluding hydrogens is 309 g/mol. The zero-order valence-corrected chi connectivity index (χ0v) is 13.2. The van der Waals surface area contributed by atoms with Crippen LogP contribution in [0.15, 0.2) is 42.5 Å². The molecule has 3 nitrogen and oxygen atoms in total. The van der Waals surface area contributed by atoms with Crippen molar-refractivity contribution in [2.45, 2.75) is 13.2 Å². The summed E-state index contributed by atoms with van der Waals surface area (Å²) in [5.41, 5.74) is 2.00. The molecule has 0 fully saturated rings. The maximum absolute atomic E-state index is 6.17. The zero-order valence-electron chi connectivity index (χ0n) is 11.7. The first-order valence-electron chi connectivity index (χ1n) is 6.57. The van der Waals surface area contributed by atoms with Gasteiger partial charge in [0.1, 0.15) is 5.75 Å². The number of nitrogens with one attached hydrogen (secondary N) is 1. The molecule has 112 valence electrons. The lowest BCUT2D eigenvalue weighted by molar-refractivity contribution is 0.00456. The highest BCUT2D eigenvalue weighted by atomic mass is 35.5. The summed E-state index contributed by atoms with van der Waals surface area (Å²) in [6.45, 7) is 1.24. The van der Waals surface area contributed by atoms with Crippen molar-refractivity contribution >= 4 is 23.2 Å². The third kappa shape index (κ3) is 4.90. The third-order valence-electron chi connectivity index (χ3n) is 2.85. The molecule has 0 spiro atoms. The predicted molar refractivity (Wildman–Crippen MR) is 86.0 cm³/mol. The number of ether oxygens (including phenoxy) is 2. The minimum atomic E-state index is 0.132. The van der Waals surface area contributed by atoms with Crippen molar-refractivity contribution in [2.24, 2.45) is 0 Å². The molecule has 1 N–H and O–H groups in total. The molecule has 0 bridgehead atoms. The van der Waals surface area contributed by atoms with Gasteiger partial charge in [-0.15, -0.1) is 0 Å². The Balaban J connectivity index is 1.93. The average Bonchev–Trinajstić information content (AvgIpc) is 2.47. The van der Waals surface area contributed by atoms with Crippen molar-refractivity contribution in [1.29, 1.82) is 0 Å². The van der Waals surface area contributed by atoms with Crippen molar-refractivity contribution in [3.05, 3.63) is 63.6 Å². The molecule has 0 aromatic heterocycles. The summed E-state index contributed by atoms with van der Waals surface area (Å²) in [6.07, 6.45) is 0. The van der Waals surface area contributed by atoms with E-state index in [-0.39, 0.29) is 6.79 Å². The maximum Gasteiger partial charge on any atom is 0.189 e. The molecular formula is C16H17Cl2NO2. The van der Waals surface area contributed by atoms with Crippen LogP contribution in [0, 0.1) is 0 Å². The van der Waals surface area contributed by atoms with Gasteiger partial charge in [0.25, 0.3) is 0 Å². The standard InChI is InChI=1S/C16H17Cl2NO2/c1-19-9-13-7-14(17)8-15(18)16(13)21-11-20-10-12-5-3-2-4-6-12/h2-8,19H,9-11H2,1H3. The summed E-state index contributed by atoms with van der Waals surface area (Å²) in [5, 5.41) is 4.13. The van der Waals surface area contributed by atoms with Gasteiger partial charge in [-0.05, 0) is 24.7 Å². The van der Waals surface area contributed by atoms with Crippen LogP contribution in [0.4, 0.5) is 0 Å². The predicted octanol–water partition coefficient (Wildman–Crippen LogP) is 4.27. The molecule has 2 aromatic rings. The second-order valence-electron chi connectivity index (χ2n) is 4.50. The van der Waals surface area contributed by atoms with E-state index in [1.165, 1.54) is 0 Å². The summed E-state index contributed by atoms with van der Waals surface area (Å²) in [4.78, 5) is 0. The largest absolute Gasteiger partial charge is 0.466 e. The molecule has 0 unspecified atom stereocenters. The summed E-state index contributed by atoms with van der Waals surface area (Å²) in [6, 6.07) is 13.4. The van der Waals surface area contributed by atoms with Crippen LogP contribution in [0.1, 0.15) is 11.1 Å². The molecule has 0 saturated heterocycles. The van der Waals surface area contributed by atoms with Gasteiger partial charge in [0.2, 0.25) is 0 Å². The number of halogens is 2. The molecule has 2 rings (SSSR count). The maximum atomic E-state index is 6.17. The van der Waals surface area contributed by atoms with Crippen LogP contribution in [0.5, 0.6) is 5.75 Å². The minimum absolute atomic E-state index is 0.132. The van der Waals surface area contributed by atoms with Crippen LogP contribution >= 0.6 is 23.2 Å². The van der Waals surface area contributed by atoms with Gasteiger partial charge in [-0.3, -0.25) is 0 Å². The zero-order chi connectivity index (χ0) is 15.1. The number of benzene rings is 2. The number of hydrogen-bond donors (Lipinski definition) is 1. The third-order valence-corrected chi connectivity index (χ3v) is 3.35. The van der Waals surface area contributed by atoms with Crippen LogP contribution in [-0.2, 0) is 17.9 Å². The van der Waals surface area contributed by atoms with Crippen LogP contribution in [0.25, 0.3) is 0 Å². The fourth-order valence-electron chi connectivity index (χ4n) is 1.93. The monoisotopic (exact) mass is 325 g/mol. The van der Waals surface area contributed by atoms with E-state index >= 15 is 0 Å². The Morgan fingerprint density at radius 2 is 1.86 bits per heavy atom. The van der Waals surface area contributed by atoms with E-state index in [9.17, 15) is 0 Å². The van der Waals surface area contributed by atoms with E-state index in [2.05, 4.69) is 5.32 Å². The van der Waals surface area contributed by atoms with E-state index in [1.807, 2.05) is 43.4 Å². The first-order chi connectivity index (χ1) is 10.2. The highest BCUT2D eigenvalue weighted by Crippen LogP contribution is 2.32. The van der Waals surface area contributed by atoms with Gasteiger partial charge in [-0.25, -0.2) is 0 Å². The van der Waals surface area contributed by atoms with Crippen molar-refractivity contribution in [2.75, 3.05) is 13.8 Å². The van der Waals surface area contributed by atoms with Crippen molar-refractivity contribution in [3.63, 3.8) is 0 Å². The molecule has 21 heavy (non-hydrogen) atoms. The van der Waals surface area contributed by atoms with Crippen LogP contribution in [-0.4, -0.2) is 13.8 Å². The van der Waals surface area contributed by atoms with Gasteiger partial charge in [0, 0.05) is 17.1 Å². The molecule has 0 radical (unpaired) electrons. The smallest absolute Gasteiger partial charge is 0.189 e. The van der Waals surface area contributed by atoms with Gasteiger partial charge < -0.3 is 14.8 Å². The molecule has 5 heteroatoms. The van der Waals surface area contributed by atoms with Crippen molar-refractivity contribution in [1.82, 2.24) is 5.32 Å². The van der Waals surface area contributed by atoms with E-state index in [0.29, 0.717) is 28.9 Å². The van der Waals surface area contributed by atoms with Gasteiger partial charge in [0.05, 0.1) is 11.6 Å². The van der Waals surface area contributed by atoms with Crippen molar-refractivity contribution < 1.29 is 9.47 Å². The highest BCUT2D eigenvalue weighted by molar-refractivity contribution is 6.35. The van der Waals surface area contributed by atoms with E-state index in [4.69, 9.17) is 32.7 Å². The Bertz CT molecular complexity index is 576. The van der Waals surface area contributed by atoms with E-state index in [1.54, 1.807) is 6.07 Å². The fraction of sp³-hybridized carbons (Fsp3) is 0.250. The Labute approximate surface area is 134 Å². The summed E-state index contributed by atoms with van der Waals surface area (Å²) in [5.74, 6) is 0.600. The van der Waals surface area contributed by atoms with Crippen LogP contribution in [0.2, 0.25) is 10.0 Å². The molecule has 0 saturated carbocycles. The lowest BCUT2D eigenvalue weighted by Gasteiger charge is -2.14. The lowest BCUT2D eigenvalue weighted by Crippen LogP contribution is -2.10. The van der Waals surface area contributed by atoms with Crippen LogP contribution in [0.3, 0.4) is 0 Å². The second kappa shape index (κ2) is 8.25. The molecule has 0 heterocycles. The molecule has 0 atom stereocenters. The fourth-order valence-corrected chi connectivity index (χ4v) is 2.52. The topological polar surface area (TPSA) is 30.5 Å². The Hall–Kier alpha value is -1.26. The first-order valence-corrected chi connectivity index (χ1v) is 7.33. The number of rotatable bonds is 7. The molecule has 2 aromatic carbocycles. The van der Waals surface area contributed by atoms with Gasteiger partial charge in [-0.2, -0.15) is 0 Å². The first kappa shape index (κ1) is 16.1. The van der Waals surface area contributed by atoms with E-state index in [0.717, 1.165) is 11.1 Å². The average molecular weight is 326 g/mol. The van der Waals surface area contributed by atoms with Gasteiger partial charge in [0.15, 0.2) is 6.79 Å². The number of hydrogen-bond acceptors (Lipinski definition) is 3. The molecule has 0 aliphatic rings. The Morgan fingerprint density at radius 3 is 2.57 bits per heavy atom. The van der Waals surface area contributed by atoms with E-state index < -0.39 is 0 Å².